The lowest BCUT2D eigenvalue weighted by atomic mass is 9.56. The number of rotatable bonds is 6. The van der Waals surface area contributed by atoms with Crippen LogP contribution < -0.4 is 5.56 Å². The van der Waals surface area contributed by atoms with E-state index in [1.165, 1.54) is 6.08 Å². The number of cyclic esters (lactones) is 1. The third kappa shape index (κ3) is 3.21. The van der Waals surface area contributed by atoms with Crippen molar-refractivity contribution in [3.8, 4) is 0 Å². The Bertz CT molecular complexity index is 1470. The lowest BCUT2D eigenvalue weighted by Gasteiger charge is -2.49. The Hall–Kier alpha value is -3.14. The van der Waals surface area contributed by atoms with Crippen molar-refractivity contribution >= 4 is 11.7 Å². The van der Waals surface area contributed by atoms with Gasteiger partial charge in [0, 0.05) is 22.5 Å². The number of esters is 1. The molecular formula is C29H31FN2O6. The Morgan fingerprint density at radius 1 is 1.39 bits per heavy atom. The third-order valence-electron chi connectivity index (χ3n) is 9.12. The van der Waals surface area contributed by atoms with Crippen LogP contribution in [0, 0.1) is 17.3 Å². The fourth-order valence-corrected chi connectivity index (χ4v) is 6.99. The topological polar surface area (TPSA) is 110 Å². The lowest BCUT2D eigenvalue weighted by molar-refractivity contribution is -0.172. The van der Waals surface area contributed by atoms with E-state index in [1.807, 2.05) is 13.0 Å². The first-order valence-corrected chi connectivity index (χ1v) is 13.1. The molecule has 0 amide bonds. The summed E-state index contributed by atoms with van der Waals surface area (Å²) in [5.41, 5.74) is 1.83. The highest BCUT2D eigenvalue weighted by atomic mass is 19.1. The van der Waals surface area contributed by atoms with E-state index in [1.54, 1.807) is 17.6 Å². The molecule has 1 aromatic rings. The maximum atomic E-state index is 15.1. The number of fused-ring (bicyclic) bond motifs is 4. The van der Waals surface area contributed by atoms with Crippen molar-refractivity contribution in [3.63, 3.8) is 0 Å². The quantitative estimate of drug-likeness (QED) is 0.338. The van der Waals surface area contributed by atoms with Gasteiger partial charge in [-0.25, -0.2) is 9.18 Å². The average Bonchev–Trinajstić information content (AvgIpc) is 3.28. The highest BCUT2D eigenvalue weighted by molar-refractivity contribution is 6.15. The maximum absolute atomic E-state index is 15.1. The van der Waals surface area contributed by atoms with Gasteiger partial charge in [0.25, 0.3) is 5.56 Å². The fourth-order valence-electron chi connectivity index (χ4n) is 6.99. The molecule has 3 aliphatic heterocycles. The normalized spacial score (nSPS) is 31.1. The number of pyridine rings is 1. The molecule has 6 rings (SSSR count). The predicted molar refractivity (Wildman–Crippen MR) is 137 cm³/mol. The number of halogens is 1. The third-order valence-corrected chi connectivity index (χ3v) is 9.12. The number of aliphatic hydroxyl groups is 2. The second-order valence-electron chi connectivity index (χ2n) is 10.8. The summed E-state index contributed by atoms with van der Waals surface area (Å²) in [7, 11) is 0. The Morgan fingerprint density at radius 2 is 2.18 bits per heavy atom. The average molecular weight is 523 g/mol. The highest BCUT2D eigenvalue weighted by Gasteiger charge is 2.53. The zero-order valence-electron chi connectivity index (χ0n) is 21.6. The molecule has 4 heterocycles. The molecule has 0 aromatic carbocycles. The minimum Gasteiger partial charge on any atom is -0.458 e. The van der Waals surface area contributed by atoms with Crippen LogP contribution in [0.1, 0.15) is 49.9 Å². The Kier molecular flexibility index (Phi) is 5.75. The van der Waals surface area contributed by atoms with E-state index in [2.05, 4.69) is 6.58 Å². The first-order valence-electron chi connectivity index (χ1n) is 13.1. The molecule has 9 heteroatoms. The molecular weight excluding hydrogens is 491 g/mol. The van der Waals surface area contributed by atoms with Crippen molar-refractivity contribution in [1.29, 1.82) is 0 Å². The lowest BCUT2D eigenvalue weighted by Crippen LogP contribution is -2.44. The standard InChI is InChI=1S/C29H31FN2O6/c1-4-28(14-37-9-8-33)7-6-16-15(3)20(30)11-21-23(16)24(28)17-12-32-22(25(17)31-21)10-19-18(26(32)34)13-38-27(35)29(19,36)5-2/h4,10-11,16,23,33,36H,1,5-9,12-14H2,2-3H3/t16?,23?,28-,29+/m1/s1. The van der Waals surface area contributed by atoms with Gasteiger partial charge in [-0.3, -0.25) is 9.79 Å². The molecule has 0 radical (unpaired) electrons. The summed E-state index contributed by atoms with van der Waals surface area (Å²) in [5.74, 6) is -1.33. The van der Waals surface area contributed by atoms with Crippen molar-refractivity contribution < 1.29 is 28.9 Å². The number of hydrogen-bond acceptors (Lipinski definition) is 7. The van der Waals surface area contributed by atoms with Crippen molar-refractivity contribution in [3.05, 3.63) is 80.2 Å². The Balaban J connectivity index is 1.61. The van der Waals surface area contributed by atoms with Crippen LogP contribution in [-0.2, 0) is 33.0 Å². The number of ether oxygens (including phenoxy) is 2. The second kappa shape index (κ2) is 8.69. The van der Waals surface area contributed by atoms with Crippen molar-refractivity contribution in [2.24, 2.45) is 22.2 Å². The largest absolute Gasteiger partial charge is 0.458 e. The predicted octanol–water partition coefficient (Wildman–Crippen LogP) is 2.96. The Morgan fingerprint density at radius 3 is 2.89 bits per heavy atom. The van der Waals surface area contributed by atoms with Crippen LogP contribution in [0.5, 0.6) is 0 Å². The number of dihydropyridines is 1. The van der Waals surface area contributed by atoms with Gasteiger partial charge in [-0.15, -0.1) is 6.58 Å². The van der Waals surface area contributed by atoms with Crippen LogP contribution in [0.3, 0.4) is 0 Å². The Labute approximate surface area is 219 Å². The zero-order valence-corrected chi connectivity index (χ0v) is 21.6. The second-order valence-corrected chi connectivity index (χ2v) is 10.8. The SMILES string of the molecule is C=C[C@]1(COCCO)CCC2C(C)=C(F)C=C3N=C4C(=C1C32)Cn1c4cc2c(c1=O)COC(=O)[C@]2(O)CC. The molecule has 1 aromatic heterocycles. The monoisotopic (exact) mass is 522 g/mol. The summed E-state index contributed by atoms with van der Waals surface area (Å²) in [6.07, 6.45) is 4.81. The first-order chi connectivity index (χ1) is 18.2. The van der Waals surface area contributed by atoms with Crippen molar-refractivity contribution in [1.82, 2.24) is 4.57 Å². The van der Waals surface area contributed by atoms with Gasteiger partial charge in [0.15, 0.2) is 5.60 Å². The van der Waals surface area contributed by atoms with E-state index in [0.29, 0.717) is 35.7 Å². The molecule has 38 heavy (non-hydrogen) atoms. The van der Waals surface area contributed by atoms with Crippen LogP contribution >= 0.6 is 0 Å². The van der Waals surface area contributed by atoms with Gasteiger partial charge >= 0.3 is 5.97 Å². The summed E-state index contributed by atoms with van der Waals surface area (Å²) in [4.78, 5) is 31.2. The molecule has 1 saturated carbocycles. The zero-order chi connectivity index (χ0) is 27.0. The van der Waals surface area contributed by atoms with Crippen LogP contribution in [0.2, 0.25) is 0 Å². The summed E-state index contributed by atoms with van der Waals surface area (Å²) in [5, 5.41) is 20.5. The summed E-state index contributed by atoms with van der Waals surface area (Å²) in [6, 6.07) is 1.67. The molecule has 5 aliphatic rings. The van der Waals surface area contributed by atoms with E-state index in [9.17, 15) is 19.8 Å². The first kappa shape index (κ1) is 25.2. The van der Waals surface area contributed by atoms with E-state index >= 15 is 4.39 Å². The number of aliphatic imine (C=N–C) groups is 1. The molecule has 200 valence electrons. The molecule has 0 spiro atoms. The number of carbonyl (C=O) groups is 1. The van der Waals surface area contributed by atoms with Crippen LogP contribution in [0.4, 0.5) is 4.39 Å². The molecule has 0 bridgehead atoms. The molecule has 8 nitrogen and oxygen atoms in total. The molecule has 4 atom stereocenters. The molecule has 1 fully saturated rings. The smallest absolute Gasteiger partial charge is 0.343 e. The van der Waals surface area contributed by atoms with E-state index < -0.39 is 17.0 Å². The van der Waals surface area contributed by atoms with Gasteiger partial charge in [-0.2, -0.15) is 0 Å². The van der Waals surface area contributed by atoms with Gasteiger partial charge < -0.3 is 24.3 Å². The van der Waals surface area contributed by atoms with Gasteiger partial charge in [0.1, 0.15) is 12.4 Å². The number of aromatic nitrogens is 1. The maximum Gasteiger partial charge on any atom is 0.343 e. The summed E-state index contributed by atoms with van der Waals surface area (Å²) in [6.45, 7) is 8.06. The van der Waals surface area contributed by atoms with Gasteiger partial charge in [0.2, 0.25) is 0 Å². The minimum absolute atomic E-state index is 0.0497. The van der Waals surface area contributed by atoms with Crippen molar-refractivity contribution in [2.45, 2.75) is 51.9 Å². The highest BCUT2D eigenvalue weighted by Crippen LogP contribution is 2.58. The molecule has 2 aliphatic carbocycles. The number of hydrogen-bond donors (Lipinski definition) is 2. The number of carbonyl (C=O) groups excluding carboxylic acids is 1. The number of aliphatic hydroxyl groups excluding tert-OH is 1. The number of nitrogens with zero attached hydrogens (tertiary/aromatic N) is 2. The van der Waals surface area contributed by atoms with E-state index in [-0.39, 0.29) is 67.1 Å². The molecule has 2 N–H and O–H groups in total. The molecule has 0 saturated heterocycles. The van der Waals surface area contributed by atoms with Crippen molar-refractivity contribution in [2.75, 3.05) is 19.8 Å². The van der Waals surface area contributed by atoms with Gasteiger partial charge in [0.05, 0.1) is 49.0 Å². The van der Waals surface area contributed by atoms with Crippen LogP contribution in [-0.4, -0.2) is 46.3 Å². The minimum atomic E-state index is -1.93. The van der Waals surface area contributed by atoms with Gasteiger partial charge in [-0.1, -0.05) is 13.0 Å². The van der Waals surface area contributed by atoms with E-state index in [0.717, 1.165) is 17.6 Å². The van der Waals surface area contributed by atoms with Crippen LogP contribution in [0.25, 0.3) is 0 Å². The van der Waals surface area contributed by atoms with Crippen LogP contribution in [0.15, 0.2) is 62.8 Å². The van der Waals surface area contributed by atoms with Gasteiger partial charge in [-0.05, 0) is 55.4 Å². The fraction of sp³-hybridized carbons (Fsp3) is 0.483. The summed E-state index contributed by atoms with van der Waals surface area (Å²) >= 11 is 0. The molecule has 2 unspecified atom stereocenters. The summed E-state index contributed by atoms with van der Waals surface area (Å²) < 4.78 is 27.7. The number of allylic oxidation sites excluding steroid dienone is 5. The van der Waals surface area contributed by atoms with E-state index in [4.69, 9.17) is 14.5 Å².